The summed E-state index contributed by atoms with van der Waals surface area (Å²) in [6.07, 6.45) is 3.06. The van der Waals surface area contributed by atoms with Crippen LogP contribution >= 0.6 is 0 Å². The van der Waals surface area contributed by atoms with Gasteiger partial charge in [-0.15, -0.1) is 0 Å². The minimum atomic E-state index is -4.74. The third-order valence-corrected chi connectivity index (χ3v) is 9.23. The summed E-state index contributed by atoms with van der Waals surface area (Å²) in [5, 5.41) is 19.1. The van der Waals surface area contributed by atoms with Gasteiger partial charge in [-0.05, 0) is 61.1 Å². The van der Waals surface area contributed by atoms with Crippen LogP contribution in [0.4, 0.5) is 13.2 Å². The number of hydrogen-bond donors (Lipinski definition) is 3. The zero-order valence-electron chi connectivity index (χ0n) is 29.3. The normalized spacial score (nSPS) is 16.4. The number of carbonyl (C=O) groups excluding carboxylic acids is 2. The predicted octanol–water partition coefficient (Wildman–Crippen LogP) is 4.37. The maximum atomic E-state index is 13.9. The van der Waals surface area contributed by atoms with Gasteiger partial charge >= 0.3 is 6.18 Å². The number of aryl methyl sites for hydroxylation is 2. The van der Waals surface area contributed by atoms with Gasteiger partial charge in [0.25, 0.3) is 0 Å². The number of hydrogen-bond acceptors (Lipinski definition) is 7. The van der Waals surface area contributed by atoms with E-state index in [9.17, 15) is 27.6 Å². The maximum absolute atomic E-state index is 13.9. The third-order valence-electron chi connectivity index (χ3n) is 9.23. The van der Waals surface area contributed by atoms with E-state index in [1.165, 1.54) is 18.2 Å². The maximum Gasteiger partial charge on any atom is 0.435 e. The number of halogens is 3. The van der Waals surface area contributed by atoms with Crippen LogP contribution in [0.15, 0.2) is 84.2 Å². The topological polar surface area (TPSA) is 157 Å². The summed E-state index contributed by atoms with van der Waals surface area (Å²) >= 11 is 0. The lowest BCUT2D eigenvalue weighted by atomic mass is 10.0. The van der Waals surface area contributed by atoms with Gasteiger partial charge in [0.2, 0.25) is 17.4 Å². The van der Waals surface area contributed by atoms with Crippen molar-refractivity contribution in [2.45, 2.75) is 56.9 Å². The lowest BCUT2D eigenvalue weighted by molar-refractivity contribution is -0.141. The number of nitrogens with zero attached hydrogens (tertiary/aromatic N) is 7. The molecule has 0 spiro atoms. The second-order valence-electron chi connectivity index (χ2n) is 14.2. The summed E-state index contributed by atoms with van der Waals surface area (Å²) < 4.78 is 45.6. The number of carbonyl (C=O) groups is 2. The Kier molecular flexibility index (Phi) is 9.00. The number of amides is 2. The van der Waals surface area contributed by atoms with Gasteiger partial charge in [0.05, 0.1) is 29.7 Å². The van der Waals surface area contributed by atoms with E-state index in [0.717, 1.165) is 32.8 Å². The van der Waals surface area contributed by atoms with Crippen LogP contribution in [-0.4, -0.2) is 62.7 Å². The lowest BCUT2D eigenvalue weighted by Gasteiger charge is -2.30. The molecule has 0 radical (unpaired) electrons. The molecular formula is C37H37F3N10O3. The number of aromatic amines is 1. The summed E-state index contributed by atoms with van der Waals surface area (Å²) in [6, 6.07) is 14.0. The molecule has 0 saturated heterocycles. The van der Waals surface area contributed by atoms with Crippen molar-refractivity contribution in [1.29, 1.82) is 0 Å². The molecule has 2 amide bonds. The van der Waals surface area contributed by atoms with Crippen LogP contribution < -0.4 is 16.2 Å². The molecule has 1 fully saturated rings. The number of nitrogens with one attached hydrogen (secondary N) is 3. The molecule has 1 aliphatic rings. The molecule has 3 N–H and O–H groups in total. The lowest BCUT2D eigenvalue weighted by Crippen LogP contribution is -2.55. The number of pyridine rings is 2. The van der Waals surface area contributed by atoms with Crippen molar-refractivity contribution in [1.82, 2.24) is 49.9 Å². The van der Waals surface area contributed by atoms with Crippen LogP contribution in [0.1, 0.15) is 43.0 Å². The molecule has 3 atom stereocenters. The first-order chi connectivity index (χ1) is 25.1. The van der Waals surface area contributed by atoms with Gasteiger partial charge in [-0.25, -0.2) is 4.98 Å². The highest BCUT2D eigenvalue weighted by molar-refractivity contribution is 5.90. The van der Waals surface area contributed by atoms with Crippen LogP contribution in [-0.2, 0) is 42.8 Å². The highest BCUT2D eigenvalue weighted by Crippen LogP contribution is 2.48. The Bertz CT molecular complexity index is 2370. The fourth-order valence-electron chi connectivity index (χ4n) is 6.59. The molecular weight excluding hydrogens is 689 g/mol. The largest absolute Gasteiger partial charge is 0.435 e. The van der Waals surface area contributed by atoms with Crippen LogP contribution in [0.5, 0.6) is 0 Å². The first-order valence-electron chi connectivity index (χ1n) is 17.0. The SMILES string of the molecule is Cn1cc(C[C@@H](NC(=O)[C@H]2C[C@@H]2c2ccc(-c3cnc4nn(C)cc4c3)cc2)C(=O)NC(C)(C)Cn2nc(C(F)(F)F)cc2-c2cccc(=O)[nH]2)cn1. The molecule has 5 aromatic heterocycles. The number of aromatic nitrogens is 8. The zero-order chi connectivity index (χ0) is 37.7. The molecule has 1 aromatic carbocycles. The molecule has 274 valence electrons. The van der Waals surface area contributed by atoms with Gasteiger partial charge in [-0.3, -0.25) is 28.4 Å². The summed E-state index contributed by atoms with van der Waals surface area (Å²) in [6.45, 7) is 3.11. The molecule has 7 rings (SSSR count). The second kappa shape index (κ2) is 13.5. The summed E-state index contributed by atoms with van der Waals surface area (Å²) in [7, 11) is 3.59. The zero-order valence-corrected chi connectivity index (χ0v) is 29.3. The smallest absolute Gasteiger partial charge is 0.348 e. The second-order valence-corrected chi connectivity index (χ2v) is 14.2. The van der Waals surface area contributed by atoms with Crippen molar-refractivity contribution in [3.63, 3.8) is 0 Å². The van der Waals surface area contributed by atoms with Crippen molar-refractivity contribution < 1.29 is 22.8 Å². The van der Waals surface area contributed by atoms with E-state index in [2.05, 4.69) is 35.9 Å². The monoisotopic (exact) mass is 726 g/mol. The molecule has 53 heavy (non-hydrogen) atoms. The van der Waals surface area contributed by atoms with Gasteiger partial charge < -0.3 is 15.6 Å². The molecule has 13 nitrogen and oxygen atoms in total. The first kappa shape index (κ1) is 35.3. The Morgan fingerprint density at radius 3 is 2.45 bits per heavy atom. The Morgan fingerprint density at radius 1 is 0.981 bits per heavy atom. The van der Waals surface area contributed by atoms with Crippen molar-refractivity contribution in [3.05, 3.63) is 107 Å². The summed E-state index contributed by atoms with van der Waals surface area (Å²) in [5.74, 6) is -1.16. The van der Waals surface area contributed by atoms with E-state index in [0.29, 0.717) is 17.6 Å². The molecule has 1 saturated carbocycles. The Morgan fingerprint density at radius 2 is 1.75 bits per heavy atom. The molecule has 5 heterocycles. The van der Waals surface area contributed by atoms with E-state index < -0.39 is 34.9 Å². The van der Waals surface area contributed by atoms with Crippen LogP contribution in [0.2, 0.25) is 0 Å². The van der Waals surface area contributed by atoms with Gasteiger partial charge in [0.1, 0.15) is 6.04 Å². The van der Waals surface area contributed by atoms with Crippen LogP contribution in [0.3, 0.4) is 0 Å². The van der Waals surface area contributed by atoms with Gasteiger partial charge in [-0.2, -0.15) is 28.5 Å². The standard InChI is InChI=1S/C37H37F3N10O3/c1-36(2,20-50-30(15-31(46-50)37(38,39)40)28-6-5-7-32(51)43-28)45-35(53)29(12-21-16-42-48(3)18-21)44-34(52)27-14-26(27)23-10-8-22(9-11-23)24-13-25-19-49(4)47-33(25)41-17-24/h5-11,13,15-19,26-27,29H,12,14,20H2,1-4H3,(H,43,51)(H,44,52)(H,45,53)/t26-,27+,29-/m1/s1. The minimum Gasteiger partial charge on any atom is -0.348 e. The summed E-state index contributed by atoms with van der Waals surface area (Å²) in [5.41, 5.74) is 1.72. The number of alkyl halides is 3. The highest BCUT2D eigenvalue weighted by atomic mass is 19.4. The van der Waals surface area contributed by atoms with Crippen molar-refractivity contribution in [3.8, 4) is 22.5 Å². The van der Waals surface area contributed by atoms with E-state index in [4.69, 9.17) is 0 Å². The number of rotatable bonds is 11. The van der Waals surface area contributed by atoms with E-state index in [1.54, 1.807) is 48.8 Å². The average Bonchev–Trinajstić information content (AvgIpc) is 3.37. The average molecular weight is 727 g/mol. The fourth-order valence-corrected chi connectivity index (χ4v) is 6.59. The summed E-state index contributed by atoms with van der Waals surface area (Å²) in [4.78, 5) is 46.5. The van der Waals surface area contributed by atoms with Crippen molar-refractivity contribution in [2.75, 3.05) is 0 Å². The molecule has 6 aromatic rings. The number of benzene rings is 1. The molecule has 0 aliphatic heterocycles. The molecule has 0 unspecified atom stereocenters. The molecule has 1 aliphatic carbocycles. The highest BCUT2D eigenvalue weighted by Gasteiger charge is 2.45. The predicted molar refractivity (Wildman–Crippen MR) is 189 cm³/mol. The van der Waals surface area contributed by atoms with Gasteiger partial charge in [0.15, 0.2) is 11.3 Å². The first-order valence-corrected chi connectivity index (χ1v) is 17.0. The fraction of sp³-hybridized carbons (Fsp3) is 0.324. The van der Waals surface area contributed by atoms with Crippen LogP contribution in [0, 0.1) is 5.92 Å². The molecule has 16 heteroatoms. The van der Waals surface area contributed by atoms with E-state index in [1.807, 2.05) is 43.6 Å². The van der Waals surface area contributed by atoms with E-state index in [-0.39, 0.29) is 42.1 Å². The number of H-pyrrole nitrogens is 1. The Hall–Kier alpha value is -6.06. The van der Waals surface area contributed by atoms with Gasteiger partial charge in [-0.1, -0.05) is 30.3 Å². The minimum absolute atomic E-state index is 0.0213. The van der Waals surface area contributed by atoms with E-state index >= 15 is 0 Å². The molecule has 0 bridgehead atoms. The van der Waals surface area contributed by atoms with Crippen molar-refractivity contribution in [2.24, 2.45) is 20.0 Å². The Labute approximate surface area is 301 Å². The Balaban J connectivity index is 1.05. The third kappa shape index (κ3) is 7.90. The van der Waals surface area contributed by atoms with Crippen molar-refractivity contribution >= 4 is 22.8 Å². The quantitative estimate of drug-likeness (QED) is 0.179. The number of fused-ring (bicyclic) bond motifs is 1. The van der Waals surface area contributed by atoms with Gasteiger partial charge in [0, 0.05) is 62.0 Å². The van der Waals surface area contributed by atoms with Crippen LogP contribution in [0.25, 0.3) is 33.5 Å².